The van der Waals surface area contributed by atoms with Crippen LogP contribution in [-0.2, 0) is 0 Å². The normalized spacial score (nSPS) is 17.0. The molecule has 9 nitrogen and oxygen atoms in total. The second kappa shape index (κ2) is 7.94. The number of primary amides is 1. The molecule has 0 radical (unpaired) electrons. The first-order valence-electron chi connectivity index (χ1n) is 9.78. The van der Waals surface area contributed by atoms with Crippen molar-refractivity contribution in [3.8, 4) is 0 Å². The maximum atomic E-state index is 11.6. The molecule has 1 aliphatic heterocycles. The average Bonchev–Trinajstić information content (AvgIpc) is 3.53. The van der Waals surface area contributed by atoms with Crippen LogP contribution < -0.4 is 16.4 Å². The highest BCUT2D eigenvalue weighted by molar-refractivity contribution is 5.97. The lowest BCUT2D eigenvalue weighted by molar-refractivity contribution is 0.1000. The van der Waals surface area contributed by atoms with E-state index in [1.54, 1.807) is 0 Å². The smallest absolute Gasteiger partial charge is 0.407 e. The Morgan fingerprint density at radius 1 is 1.10 bits per heavy atom. The van der Waals surface area contributed by atoms with Gasteiger partial charge in [0.15, 0.2) is 0 Å². The molecule has 1 aliphatic carbocycles. The summed E-state index contributed by atoms with van der Waals surface area (Å²) in [6, 6.07) is 8.34. The van der Waals surface area contributed by atoms with Gasteiger partial charge in [-0.05, 0) is 49.3 Å². The predicted octanol–water partition coefficient (Wildman–Crippen LogP) is 2.75. The first-order valence-corrected chi connectivity index (χ1v) is 9.78. The van der Waals surface area contributed by atoms with Crippen molar-refractivity contribution in [3.63, 3.8) is 0 Å². The number of nitrogens with one attached hydrogen (secondary N) is 2. The quantitative estimate of drug-likeness (QED) is 0.590. The molecule has 9 heteroatoms. The highest BCUT2D eigenvalue weighted by atomic mass is 16.4. The van der Waals surface area contributed by atoms with E-state index in [2.05, 4.69) is 20.6 Å². The standard InChI is InChI=1S/C20H24N6O3/c21-17(27)16-11-22-19(25-18(16)23-14-5-6-14)24-15-3-1-12(2-4-15)13-7-9-26(10-8-13)20(28)29/h1-4,11,13-14H,5-10H2,(H2,21,27)(H,28,29)(H2,22,23,24,25). The molecule has 2 aliphatic rings. The van der Waals surface area contributed by atoms with Crippen LogP contribution >= 0.6 is 0 Å². The fraction of sp³-hybridized carbons (Fsp3) is 0.400. The van der Waals surface area contributed by atoms with Crippen LogP contribution in [0.4, 0.5) is 22.2 Å². The molecule has 5 N–H and O–H groups in total. The molecule has 2 fully saturated rings. The van der Waals surface area contributed by atoms with Gasteiger partial charge in [0.1, 0.15) is 5.82 Å². The SMILES string of the molecule is NC(=O)c1cnc(Nc2ccc(C3CCN(C(=O)O)CC3)cc2)nc1NC1CC1. The number of anilines is 3. The van der Waals surface area contributed by atoms with Gasteiger partial charge in [0.05, 0.1) is 5.56 Å². The van der Waals surface area contributed by atoms with Crippen molar-refractivity contribution in [1.82, 2.24) is 14.9 Å². The molecule has 1 aromatic carbocycles. The van der Waals surface area contributed by atoms with E-state index in [4.69, 9.17) is 10.8 Å². The number of carbonyl (C=O) groups is 2. The van der Waals surface area contributed by atoms with Crippen molar-refractivity contribution in [1.29, 1.82) is 0 Å². The van der Waals surface area contributed by atoms with Crippen molar-refractivity contribution in [3.05, 3.63) is 41.6 Å². The maximum Gasteiger partial charge on any atom is 0.407 e. The Bertz CT molecular complexity index is 905. The molecule has 29 heavy (non-hydrogen) atoms. The van der Waals surface area contributed by atoms with Gasteiger partial charge < -0.3 is 26.4 Å². The minimum absolute atomic E-state index is 0.283. The van der Waals surface area contributed by atoms with Gasteiger partial charge in [0.2, 0.25) is 5.95 Å². The predicted molar refractivity (Wildman–Crippen MR) is 108 cm³/mol. The summed E-state index contributed by atoms with van der Waals surface area (Å²) in [7, 11) is 0. The highest BCUT2D eigenvalue weighted by Gasteiger charge is 2.25. The fourth-order valence-corrected chi connectivity index (χ4v) is 3.53. The third-order valence-corrected chi connectivity index (χ3v) is 5.38. The van der Waals surface area contributed by atoms with Crippen molar-refractivity contribution in [2.45, 2.75) is 37.6 Å². The molecule has 1 saturated carbocycles. The second-order valence-electron chi connectivity index (χ2n) is 7.53. The summed E-state index contributed by atoms with van der Waals surface area (Å²) < 4.78 is 0. The molecule has 0 unspecified atom stereocenters. The second-order valence-corrected chi connectivity index (χ2v) is 7.53. The molecule has 1 aromatic heterocycles. The van der Waals surface area contributed by atoms with Gasteiger partial charge in [-0.25, -0.2) is 9.78 Å². The van der Waals surface area contributed by atoms with E-state index in [0.717, 1.165) is 31.4 Å². The van der Waals surface area contributed by atoms with Crippen molar-refractivity contribution in [2.75, 3.05) is 23.7 Å². The molecule has 2 aromatic rings. The highest BCUT2D eigenvalue weighted by Crippen LogP contribution is 2.30. The molecule has 152 valence electrons. The van der Waals surface area contributed by atoms with Gasteiger partial charge >= 0.3 is 6.09 Å². The van der Waals surface area contributed by atoms with E-state index in [9.17, 15) is 9.59 Å². The van der Waals surface area contributed by atoms with Gasteiger partial charge in [0.25, 0.3) is 5.91 Å². The maximum absolute atomic E-state index is 11.6. The van der Waals surface area contributed by atoms with Crippen LogP contribution in [0.25, 0.3) is 0 Å². The first-order chi connectivity index (χ1) is 14.0. The molecule has 2 heterocycles. The Hall–Kier alpha value is -3.36. The first kappa shape index (κ1) is 19.0. The van der Waals surface area contributed by atoms with Crippen molar-refractivity contribution < 1.29 is 14.7 Å². The number of benzene rings is 1. The molecule has 0 spiro atoms. The molecule has 2 amide bonds. The van der Waals surface area contributed by atoms with Crippen LogP contribution in [0.3, 0.4) is 0 Å². The van der Waals surface area contributed by atoms with Crippen LogP contribution in [0.2, 0.25) is 0 Å². The van der Waals surface area contributed by atoms with E-state index < -0.39 is 12.0 Å². The van der Waals surface area contributed by atoms with E-state index in [1.165, 1.54) is 16.7 Å². The van der Waals surface area contributed by atoms with E-state index in [0.29, 0.717) is 36.8 Å². The molecular formula is C20H24N6O3. The number of nitrogens with zero attached hydrogens (tertiary/aromatic N) is 3. The van der Waals surface area contributed by atoms with Gasteiger partial charge in [-0.15, -0.1) is 0 Å². The number of carbonyl (C=O) groups excluding carboxylic acids is 1. The molecule has 1 saturated heterocycles. The minimum atomic E-state index is -0.846. The van der Waals surface area contributed by atoms with Crippen LogP contribution in [0.5, 0.6) is 0 Å². The summed E-state index contributed by atoms with van der Waals surface area (Å²) in [5.74, 6) is 0.651. The summed E-state index contributed by atoms with van der Waals surface area (Å²) >= 11 is 0. The van der Waals surface area contributed by atoms with Crippen LogP contribution in [0.1, 0.15) is 47.5 Å². The van der Waals surface area contributed by atoms with E-state index >= 15 is 0 Å². The van der Waals surface area contributed by atoms with Crippen molar-refractivity contribution in [2.24, 2.45) is 5.73 Å². The topological polar surface area (TPSA) is 133 Å². The largest absolute Gasteiger partial charge is 0.465 e. The Morgan fingerprint density at radius 2 is 1.79 bits per heavy atom. The van der Waals surface area contributed by atoms with E-state index in [1.807, 2.05) is 24.3 Å². The Morgan fingerprint density at radius 3 is 2.38 bits per heavy atom. The third-order valence-electron chi connectivity index (χ3n) is 5.38. The third kappa shape index (κ3) is 4.56. The Labute approximate surface area is 168 Å². The van der Waals surface area contributed by atoms with Gasteiger partial charge in [-0.2, -0.15) is 4.98 Å². The summed E-state index contributed by atoms with van der Waals surface area (Å²) in [4.78, 5) is 32.7. The number of nitrogens with two attached hydrogens (primary N) is 1. The van der Waals surface area contributed by atoms with Crippen LogP contribution in [-0.4, -0.2) is 51.1 Å². The van der Waals surface area contributed by atoms with Crippen molar-refractivity contribution >= 4 is 29.5 Å². The molecule has 0 bridgehead atoms. The van der Waals surface area contributed by atoms with Gasteiger partial charge in [-0.3, -0.25) is 4.79 Å². The number of carboxylic acid groups (broad SMARTS) is 1. The Kier molecular flexibility index (Phi) is 5.20. The number of aromatic nitrogens is 2. The fourth-order valence-electron chi connectivity index (χ4n) is 3.53. The average molecular weight is 396 g/mol. The summed E-state index contributed by atoms with van der Waals surface area (Å²) in [6.07, 6.45) is 4.35. The zero-order chi connectivity index (χ0) is 20.4. The van der Waals surface area contributed by atoms with Gasteiger partial charge in [0, 0.05) is 31.0 Å². The number of hydrogen-bond acceptors (Lipinski definition) is 6. The summed E-state index contributed by atoms with van der Waals surface area (Å²) in [6.45, 7) is 1.13. The minimum Gasteiger partial charge on any atom is -0.465 e. The molecule has 4 rings (SSSR count). The Balaban J connectivity index is 1.42. The molecular weight excluding hydrogens is 372 g/mol. The van der Waals surface area contributed by atoms with Crippen LogP contribution in [0.15, 0.2) is 30.5 Å². The number of hydrogen-bond donors (Lipinski definition) is 4. The number of rotatable bonds is 6. The lowest BCUT2D eigenvalue weighted by Gasteiger charge is -2.30. The summed E-state index contributed by atoms with van der Waals surface area (Å²) in [5.41, 5.74) is 7.72. The number of piperidine rings is 1. The van der Waals surface area contributed by atoms with E-state index in [-0.39, 0.29) is 5.56 Å². The zero-order valence-corrected chi connectivity index (χ0v) is 16.0. The number of amides is 2. The van der Waals surface area contributed by atoms with Crippen LogP contribution in [0, 0.1) is 0 Å². The monoisotopic (exact) mass is 396 g/mol. The molecule has 0 atom stereocenters. The lowest BCUT2D eigenvalue weighted by Crippen LogP contribution is -2.36. The zero-order valence-electron chi connectivity index (χ0n) is 16.0. The van der Waals surface area contributed by atoms with Gasteiger partial charge in [-0.1, -0.05) is 12.1 Å². The number of likely N-dealkylation sites (tertiary alicyclic amines) is 1. The lowest BCUT2D eigenvalue weighted by atomic mass is 9.89. The summed E-state index contributed by atoms with van der Waals surface area (Å²) in [5, 5.41) is 15.4.